The van der Waals surface area contributed by atoms with Crippen LogP contribution < -0.4 is 5.32 Å². The van der Waals surface area contributed by atoms with Crippen LogP contribution in [0.25, 0.3) is 0 Å². The summed E-state index contributed by atoms with van der Waals surface area (Å²) in [5.41, 5.74) is 1.28. The molecule has 186 valence electrons. The summed E-state index contributed by atoms with van der Waals surface area (Å²) in [7, 11) is 3.99. The third kappa shape index (κ3) is 4.99. The summed E-state index contributed by atoms with van der Waals surface area (Å²) in [4.78, 5) is 45.4. The summed E-state index contributed by atoms with van der Waals surface area (Å²) in [5, 5.41) is 3.17. The highest BCUT2D eigenvalue weighted by atomic mass is 16.2. The topological polar surface area (TPSA) is 73.0 Å². The summed E-state index contributed by atoms with van der Waals surface area (Å²) in [6.07, 6.45) is 7.03. The molecule has 0 radical (unpaired) electrons. The Bertz CT molecular complexity index is 903. The number of nitrogens with one attached hydrogen (secondary N) is 1. The zero-order valence-electron chi connectivity index (χ0n) is 21.0. The molecule has 34 heavy (non-hydrogen) atoms. The van der Waals surface area contributed by atoms with Crippen LogP contribution in [0.15, 0.2) is 24.3 Å². The standard InChI is InChI=1S/C27H40N4O3/c1-20-9-4-5-12-22(20)19-27(25(33)31(26(34)28-27)16-8-15-29(2)3)23-13-17-30(18-14-23)24(32)21-10-6-7-11-21/h4-5,9,12,21,23H,6-8,10-11,13-19H2,1-3H3,(H,28,34)/t27-/m0/s1. The predicted octanol–water partition coefficient (Wildman–Crippen LogP) is 3.21. The minimum atomic E-state index is -0.941. The minimum absolute atomic E-state index is 0.00929. The number of benzene rings is 1. The van der Waals surface area contributed by atoms with E-state index in [0.29, 0.717) is 26.1 Å². The number of nitrogens with zero attached hydrogens (tertiary/aromatic N) is 3. The Labute approximate surface area is 203 Å². The predicted molar refractivity (Wildman–Crippen MR) is 132 cm³/mol. The maximum absolute atomic E-state index is 13.9. The number of carbonyl (C=O) groups is 3. The smallest absolute Gasteiger partial charge is 0.325 e. The molecule has 0 unspecified atom stereocenters. The van der Waals surface area contributed by atoms with Gasteiger partial charge in [0.2, 0.25) is 5.91 Å². The molecular weight excluding hydrogens is 428 g/mol. The second kappa shape index (κ2) is 10.5. The van der Waals surface area contributed by atoms with E-state index in [1.165, 1.54) is 4.90 Å². The van der Waals surface area contributed by atoms with Gasteiger partial charge >= 0.3 is 6.03 Å². The van der Waals surface area contributed by atoms with Crippen molar-refractivity contribution in [3.8, 4) is 0 Å². The minimum Gasteiger partial charge on any atom is -0.342 e. The number of imide groups is 1. The van der Waals surface area contributed by atoms with Gasteiger partial charge in [0.05, 0.1) is 0 Å². The number of piperidine rings is 1. The van der Waals surface area contributed by atoms with Gasteiger partial charge in [-0.3, -0.25) is 14.5 Å². The van der Waals surface area contributed by atoms with E-state index in [-0.39, 0.29) is 29.7 Å². The van der Waals surface area contributed by atoms with Crippen molar-refractivity contribution in [1.29, 1.82) is 0 Å². The lowest BCUT2D eigenvalue weighted by Crippen LogP contribution is -2.58. The van der Waals surface area contributed by atoms with Gasteiger partial charge in [-0.2, -0.15) is 0 Å². The van der Waals surface area contributed by atoms with Gasteiger partial charge in [0.25, 0.3) is 5.91 Å². The molecule has 4 rings (SSSR count). The van der Waals surface area contributed by atoms with Crippen molar-refractivity contribution >= 4 is 17.8 Å². The number of hydrogen-bond acceptors (Lipinski definition) is 4. The molecule has 1 aromatic carbocycles. The summed E-state index contributed by atoms with van der Waals surface area (Å²) in [5.74, 6) is 0.378. The van der Waals surface area contributed by atoms with Crippen molar-refractivity contribution in [2.45, 2.75) is 63.8 Å². The van der Waals surface area contributed by atoms with Crippen LogP contribution in [0.4, 0.5) is 4.79 Å². The fraction of sp³-hybridized carbons (Fsp3) is 0.667. The van der Waals surface area contributed by atoms with E-state index < -0.39 is 5.54 Å². The maximum atomic E-state index is 13.9. The Morgan fingerprint density at radius 3 is 2.41 bits per heavy atom. The zero-order chi connectivity index (χ0) is 24.3. The molecule has 1 saturated carbocycles. The number of urea groups is 1. The molecule has 2 aliphatic heterocycles. The Kier molecular flexibility index (Phi) is 7.60. The van der Waals surface area contributed by atoms with Crippen molar-refractivity contribution < 1.29 is 14.4 Å². The molecule has 0 aromatic heterocycles. The van der Waals surface area contributed by atoms with E-state index in [1.807, 2.05) is 31.1 Å². The monoisotopic (exact) mass is 468 g/mol. The fourth-order valence-electron chi connectivity index (χ4n) is 6.07. The molecule has 2 saturated heterocycles. The van der Waals surface area contributed by atoms with E-state index in [2.05, 4.69) is 29.3 Å². The van der Waals surface area contributed by atoms with Gasteiger partial charge in [0.1, 0.15) is 5.54 Å². The first-order chi connectivity index (χ1) is 16.3. The maximum Gasteiger partial charge on any atom is 0.325 e. The number of carbonyl (C=O) groups excluding carboxylic acids is 3. The van der Waals surface area contributed by atoms with Crippen LogP contribution in [0.3, 0.4) is 0 Å². The highest BCUT2D eigenvalue weighted by molar-refractivity contribution is 6.07. The quantitative estimate of drug-likeness (QED) is 0.595. The van der Waals surface area contributed by atoms with Crippen molar-refractivity contribution in [2.75, 3.05) is 40.3 Å². The summed E-state index contributed by atoms with van der Waals surface area (Å²) < 4.78 is 0. The van der Waals surface area contributed by atoms with E-state index in [9.17, 15) is 14.4 Å². The molecule has 7 nitrogen and oxygen atoms in total. The second-order valence-electron chi connectivity index (χ2n) is 10.7. The van der Waals surface area contributed by atoms with Gasteiger partial charge in [-0.1, -0.05) is 37.1 Å². The molecule has 0 spiro atoms. The van der Waals surface area contributed by atoms with Gasteiger partial charge in [-0.15, -0.1) is 0 Å². The van der Waals surface area contributed by atoms with Gasteiger partial charge in [-0.05, 0) is 76.7 Å². The first-order valence-electron chi connectivity index (χ1n) is 12.9. The van der Waals surface area contributed by atoms with Crippen LogP contribution in [0.1, 0.15) is 56.1 Å². The van der Waals surface area contributed by atoms with E-state index in [4.69, 9.17) is 0 Å². The average molecular weight is 469 g/mol. The van der Waals surface area contributed by atoms with E-state index in [1.54, 1.807) is 0 Å². The van der Waals surface area contributed by atoms with Crippen LogP contribution in [0.2, 0.25) is 0 Å². The molecule has 3 aliphatic rings. The van der Waals surface area contributed by atoms with Gasteiger partial charge < -0.3 is 15.1 Å². The van der Waals surface area contributed by atoms with Crippen molar-refractivity contribution in [2.24, 2.45) is 11.8 Å². The number of hydrogen-bond donors (Lipinski definition) is 1. The number of amides is 4. The molecular formula is C27H40N4O3. The van der Waals surface area contributed by atoms with Crippen LogP contribution in [-0.4, -0.2) is 78.4 Å². The second-order valence-corrected chi connectivity index (χ2v) is 10.7. The van der Waals surface area contributed by atoms with Crippen molar-refractivity contribution in [1.82, 2.24) is 20.0 Å². The highest BCUT2D eigenvalue weighted by Crippen LogP contribution is 2.38. The van der Waals surface area contributed by atoms with E-state index in [0.717, 1.165) is 62.6 Å². The van der Waals surface area contributed by atoms with Crippen molar-refractivity contribution in [3.05, 3.63) is 35.4 Å². The lowest BCUT2D eigenvalue weighted by atomic mass is 9.73. The fourth-order valence-corrected chi connectivity index (χ4v) is 6.07. The SMILES string of the molecule is Cc1ccccc1C[C@@]1(C2CCN(C(=O)C3CCCC3)CC2)NC(=O)N(CCCN(C)C)C1=O. The largest absolute Gasteiger partial charge is 0.342 e. The van der Waals surface area contributed by atoms with Crippen LogP contribution in [0.5, 0.6) is 0 Å². The number of likely N-dealkylation sites (tertiary alicyclic amines) is 1. The van der Waals surface area contributed by atoms with Crippen LogP contribution >= 0.6 is 0 Å². The van der Waals surface area contributed by atoms with Gasteiger partial charge in [-0.25, -0.2) is 4.79 Å². The third-order valence-electron chi connectivity index (χ3n) is 8.13. The molecule has 1 N–H and O–H groups in total. The first-order valence-corrected chi connectivity index (χ1v) is 12.9. The lowest BCUT2D eigenvalue weighted by molar-refractivity contribution is -0.138. The normalized spacial score (nSPS) is 24.4. The Morgan fingerprint density at radius 2 is 1.76 bits per heavy atom. The molecule has 0 bridgehead atoms. The summed E-state index contributed by atoms with van der Waals surface area (Å²) in [6, 6.07) is 7.84. The number of rotatable bonds is 8. The van der Waals surface area contributed by atoms with Crippen molar-refractivity contribution in [3.63, 3.8) is 0 Å². The molecule has 1 aliphatic carbocycles. The molecule has 2 heterocycles. The first kappa shape index (κ1) is 24.7. The Balaban J connectivity index is 1.53. The Hall–Kier alpha value is -2.41. The highest BCUT2D eigenvalue weighted by Gasteiger charge is 2.56. The van der Waals surface area contributed by atoms with Crippen LogP contribution in [0, 0.1) is 18.8 Å². The molecule has 7 heteroatoms. The molecule has 1 aromatic rings. The van der Waals surface area contributed by atoms with Gasteiger partial charge in [0.15, 0.2) is 0 Å². The van der Waals surface area contributed by atoms with Gasteiger partial charge in [0, 0.05) is 32.0 Å². The molecule has 4 amide bonds. The summed E-state index contributed by atoms with van der Waals surface area (Å²) >= 11 is 0. The average Bonchev–Trinajstić information content (AvgIpc) is 3.44. The van der Waals surface area contributed by atoms with E-state index >= 15 is 0 Å². The Morgan fingerprint density at radius 1 is 1.09 bits per heavy atom. The lowest BCUT2D eigenvalue weighted by Gasteiger charge is -2.41. The third-order valence-corrected chi connectivity index (χ3v) is 8.13. The zero-order valence-corrected chi connectivity index (χ0v) is 21.0. The summed E-state index contributed by atoms with van der Waals surface area (Å²) in [6.45, 7) is 4.64. The number of aryl methyl sites for hydroxylation is 1. The molecule has 1 atom stereocenters. The van der Waals surface area contributed by atoms with Crippen LogP contribution in [-0.2, 0) is 16.0 Å². The molecule has 3 fully saturated rings.